The van der Waals surface area contributed by atoms with Crippen LogP contribution in [0.25, 0.3) is 0 Å². The molecule has 0 saturated carbocycles. The zero-order chi connectivity index (χ0) is 10.2. The van der Waals surface area contributed by atoms with Crippen LogP contribution < -0.4 is 0 Å². The van der Waals surface area contributed by atoms with Crippen molar-refractivity contribution in [2.75, 3.05) is 0 Å². The van der Waals surface area contributed by atoms with Gasteiger partial charge in [0.05, 0.1) is 0 Å². The summed E-state index contributed by atoms with van der Waals surface area (Å²) in [6, 6.07) is 0. The number of unbranched alkanes of at least 4 members (excludes halogenated alkanes) is 1. The van der Waals surface area contributed by atoms with E-state index >= 15 is 0 Å². The second-order valence-electron chi connectivity index (χ2n) is 2.18. The van der Waals surface area contributed by atoms with Gasteiger partial charge in [-0.3, -0.25) is 0 Å². The zero-order valence-corrected chi connectivity index (χ0v) is 8.97. The quantitative estimate of drug-likeness (QED) is 0.534. The number of allylic oxidation sites excluding steroid dienone is 3. The number of hydrogen-bond donors (Lipinski definition) is 0. The van der Waals surface area contributed by atoms with E-state index in [4.69, 9.17) is 0 Å². The highest BCUT2D eigenvalue weighted by Gasteiger charge is 1.61. The summed E-state index contributed by atoms with van der Waals surface area (Å²) >= 11 is 0. The molecule has 0 bridgehead atoms. The van der Waals surface area contributed by atoms with Crippen LogP contribution in [0.1, 0.15) is 40.0 Å². The fraction of sp³-hybridized carbons (Fsp3) is 0.500. The van der Waals surface area contributed by atoms with Crippen LogP contribution in [0.4, 0.5) is 0 Å². The lowest BCUT2D eigenvalue weighted by Crippen LogP contribution is -1.52. The van der Waals surface area contributed by atoms with E-state index in [1.807, 2.05) is 19.1 Å². The maximum absolute atomic E-state index is 3.55. The van der Waals surface area contributed by atoms with E-state index in [0.717, 1.165) is 12.8 Å². The first-order valence-corrected chi connectivity index (χ1v) is 4.53. The molecule has 0 aromatic rings. The van der Waals surface area contributed by atoms with Crippen molar-refractivity contribution >= 4 is 0 Å². The van der Waals surface area contributed by atoms with Crippen LogP contribution >= 0.6 is 0 Å². The molecule has 0 aliphatic carbocycles. The maximum Gasteiger partial charge on any atom is -0.0356 e. The molecule has 0 unspecified atom stereocenters. The lowest BCUT2D eigenvalue weighted by Gasteiger charge is -1.72. The molecular formula is C12H24. The van der Waals surface area contributed by atoms with Gasteiger partial charge in [0.25, 0.3) is 0 Å². The van der Waals surface area contributed by atoms with Crippen LogP contribution in [0.2, 0.25) is 0 Å². The highest BCUT2D eigenvalue weighted by atomic mass is 13.7. The lowest BCUT2D eigenvalue weighted by atomic mass is 10.3. The largest absolute Gasteiger partial charge is 0.103 e. The molecule has 0 saturated heterocycles. The molecule has 0 atom stereocenters. The van der Waals surface area contributed by atoms with E-state index in [-0.39, 0.29) is 0 Å². The second kappa shape index (κ2) is 31.9. The summed E-state index contributed by atoms with van der Waals surface area (Å²) in [7, 11) is 0. The molecule has 0 amide bonds. The molecule has 0 heteroatoms. The van der Waals surface area contributed by atoms with Crippen molar-refractivity contribution in [1.82, 2.24) is 0 Å². The molecule has 0 aromatic heterocycles. The summed E-state index contributed by atoms with van der Waals surface area (Å²) < 4.78 is 0. The summed E-state index contributed by atoms with van der Waals surface area (Å²) in [5.41, 5.74) is 0. The molecule has 0 radical (unpaired) electrons. The van der Waals surface area contributed by atoms with Crippen molar-refractivity contribution in [2.24, 2.45) is 0 Å². The SMILES string of the molecule is C=CC.C=CCC.C=CCCC. The average Bonchev–Trinajstić information content (AvgIpc) is 2.08. The third-order valence-electron chi connectivity index (χ3n) is 0.781. The van der Waals surface area contributed by atoms with Gasteiger partial charge in [0.15, 0.2) is 0 Å². The van der Waals surface area contributed by atoms with Crippen molar-refractivity contribution in [1.29, 1.82) is 0 Å². The molecule has 72 valence electrons. The molecule has 0 fully saturated rings. The first-order chi connectivity index (χ1) is 5.74. The Labute approximate surface area is 78.7 Å². The summed E-state index contributed by atoms with van der Waals surface area (Å²) in [6.45, 7) is 16.5. The predicted molar refractivity (Wildman–Crippen MR) is 61.5 cm³/mol. The maximum atomic E-state index is 3.55. The Balaban J connectivity index is -0.000000105. The van der Waals surface area contributed by atoms with E-state index in [1.165, 1.54) is 6.42 Å². The van der Waals surface area contributed by atoms with E-state index in [1.54, 1.807) is 6.08 Å². The standard InChI is InChI=1S/C5H10.C4H8.C3H6/c1-3-5-4-2;1-3-4-2;1-3-2/h3H,1,4-5H2,2H3;3H,1,4H2,2H3;3H,1H2,2H3. The van der Waals surface area contributed by atoms with Crippen molar-refractivity contribution in [3.05, 3.63) is 38.0 Å². The molecule has 0 nitrogen and oxygen atoms in total. The third kappa shape index (κ3) is 126. The summed E-state index contributed by atoms with van der Waals surface area (Å²) in [5.74, 6) is 0. The van der Waals surface area contributed by atoms with Crippen LogP contribution in [0.3, 0.4) is 0 Å². The van der Waals surface area contributed by atoms with Crippen LogP contribution in [0.15, 0.2) is 38.0 Å². The second-order valence-corrected chi connectivity index (χ2v) is 2.18. The van der Waals surface area contributed by atoms with Gasteiger partial charge < -0.3 is 0 Å². The Kier molecular flexibility index (Phi) is 46.1. The summed E-state index contributed by atoms with van der Waals surface area (Å²) in [5, 5.41) is 0. The molecule has 0 aliphatic rings. The van der Waals surface area contributed by atoms with Crippen LogP contribution in [-0.2, 0) is 0 Å². The smallest absolute Gasteiger partial charge is 0.0356 e. The Bertz CT molecular complexity index is 80.0. The van der Waals surface area contributed by atoms with Crippen LogP contribution in [0.5, 0.6) is 0 Å². The topological polar surface area (TPSA) is 0 Å². The van der Waals surface area contributed by atoms with Gasteiger partial charge in [-0.05, 0) is 19.8 Å². The molecule has 0 aromatic carbocycles. The zero-order valence-electron chi connectivity index (χ0n) is 8.97. The van der Waals surface area contributed by atoms with Gasteiger partial charge in [-0.1, -0.05) is 38.5 Å². The van der Waals surface area contributed by atoms with E-state index < -0.39 is 0 Å². The number of hydrogen-bond acceptors (Lipinski definition) is 0. The number of rotatable bonds is 3. The normalized spacial score (nSPS) is 6.25. The van der Waals surface area contributed by atoms with Crippen molar-refractivity contribution in [3.8, 4) is 0 Å². The van der Waals surface area contributed by atoms with Gasteiger partial charge in [-0.2, -0.15) is 0 Å². The monoisotopic (exact) mass is 168 g/mol. The highest BCUT2D eigenvalue weighted by molar-refractivity contribution is 4.63. The van der Waals surface area contributed by atoms with E-state index in [9.17, 15) is 0 Å². The lowest BCUT2D eigenvalue weighted by molar-refractivity contribution is 0.961. The molecule has 0 heterocycles. The predicted octanol–water partition coefficient (Wildman–Crippen LogP) is 4.75. The van der Waals surface area contributed by atoms with E-state index in [2.05, 4.69) is 33.6 Å². The van der Waals surface area contributed by atoms with Crippen molar-refractivity contribution in [2.45, 2.75) is 40.0 Å². The van der Waals surface area contributed by atoms with Gasteiger partial charge in [0, 0.05) is 0 Å². The van der Waals surface area contributed by atoms with E-state index in [0.29, 0.717) is 0 Å². The minimum Gasteiger partial charge on any atom is -0.103 e. The average molecular weight is 168 g/mol. The van der Waals surface area contributed by atoms with Crippen molar-refractivity contribution in [3.63, 3.8) is 0 Å². The first kappa shape index (κ1) is 17.3. The fourth-order valence-electron chi connectivity index (χ4n) is 0.204. The summed E-state index contributed by atoms with van der Waals surface area (Å²) in [6.07, 6.45) is 9.02. The molecule has 0 N–H and O–H groups in total. The minimum absolute atomic E-state index is 1.08. The van der Waals surface area contributed by atoms with Crippen LogP contribution in [0, 0.1) is 0 Å². The molecule has 0 rings (SSSR count). The Morgan fingerprint density at radius 3 is 1.33 bits per heavy atom. The Morgan fingerprint density at radius 2 is 1.33 bits per heavy atom. The van der Waals surface area contributed by atoms with Crippen LogP contribution in [-0.4, -0.2) is 0 Å². The summed E-state index contributed by atoms with van der Waals surface area (Å²) in [4.78, 5) is 0. The minimum atomic E-state index is 1.08. The molecule has 0 spiro atoms. The first-order valence-electron chi connectivity index (χ1n) is 4.53. The van der Waals surface area contributed by atoms with Crippen molar-refractivity contribution < 1.29 is 0 Å². The van der Waals surface area contributed by atoms with Gasteiger partial charge in [-0.25, -0.2) is 0 Å². The molecular weight excluding hydrogens is 144 g/mol. The third-order valence-corrected chi connectivity index (χ3v) is 0.781. The Morgan fingerprint density at radius 1 is 1.00 bits per heavy atom. The van der Waals surface area contributed by atoms with Gasteiger partial charge in [0.2, 0.25) is 0 Å². The Hall–Kier alpha value is -0.780. The van der Waals surface area contributed by atoms with Gasteiger partial charge in [-0.15, -0.1) is 19.7 Å². The molecule has 12 heavy (non-hydrogen) atoms. The fourth-order valence-corrected chi connectivity index (χ4v) is 0.204. The highest BCUT2D eigenvalue weighted by Crippen LogP contribution is 1.82. The van der Waals surface area contributed by atoms with Gasteiger partial charge in [0.1, 0.15) is 0 Å². The molecule has 0 aliphatic heterocycles. The van der Waals surface area contributed by atoms with Gasteiger partial charge >= 0.3 is 0 Å².